The van der Waals surface area contributed by atoms with Gasteiger partial charge in [-0.3, -0.25) is 4.79 Å². The standard InChI is InChI=1S/C18H20Cl2N2O4S/c1-3-22(4-2)27(24,25)15-8-6-14(7-9-15)21-18(23)12-26-17-11-13(19)5-10-16(17)20/h5-11H,3-4,12H2,1-2H3,(H,21,23). The van der Waals surface area contributed by atoms with Crippen LogP contribution in [0.5, 0.6) is 5.75 Å². The Hall–Kier alpha value is -1.80. The normalized spacial score (nSPS) is 11.4. The lowest BCUT2D eigenvalue weighted by molar-refractivity contribution is -0.118. The molecule has 0 radical (unpaired) electrons. The Balaban J connectivity index is 2.00. The molecule has 0 aliphatic heterocycles. The van der Waals surface area contributed by atoms with Gasteiger partial charge in [0.05, 0.1) is 9.92 Å². The highest BCUT2D eigenvalue weighted by Crippen LogP contribution is 2.27. The summed E-state index contributed by atoms with van der Waals surface area (Å²) in [5, 5.41) is 3.42. The number of hydrogen-bond donors (Lipinski definition) is 1. The first-order valence-corrected chi connectivity index (χ1v) is 10.5. The van der Waals surface area contributed by atoms with Crippen molar-refractivity contribution in [3.05, 3.63) is 52.5 Å². The number of rotatable bonds is 8. The summed E-state index contributed by atoms with van der Waals surface area (Å²) in [6, 6.07) is 10.7. The summed E-state index contributed by atoms with van der Waals surface area (Å²) < 4.78 is 31.6. The Morgan fingerprint density at radius 3 is 2.30 bits per heavy atom. The van der Waals surface area contributed by atoms with E-state index in [0.29, 0.717) is 34.6 Å². The minimum absolute atomic E-state index is 0.172. The van der Waals surface area contributed by atoms with Crippen LogP contribution in [-0.4, -0.2) is 38.3 Å². The zero-order valence-corrected chi connectivity index (χ0v) is 17.2. The van der Waals surface area contributed by atoms with Crippen molar-refractivity contribution >= 4 is 44.8 Å². The summed E-state index contributed by atoms with van der Waals surface area (Å²) in [5.41, 5.74) is 0.458. The lowest BCUT2D eigenvalue weighted by Crippen LogP contribution is -2.30. The number of benzene rings is 2. The van der Waals surface area contributed by atoms with Gasteiger partial charge in [-0.1, -0.05) is 37.0 Å². The first-order valence-electron chi connectivity index (χ1n) is 8.25. The average Bonchev–Trinajstić information content (AvgIpc) is 2.63. The number of nitrogens with zero attached hydrogens (tertiary/aromatic N) is 1. The number of sulfonamides is 1. The molecule has 2 aromatic carbocycles. The van der Waals surface area contributed by atoms with Crippen molar-refractivity contribution in [1.82, 2.24) is 4.31 Å². The molecule has 0 aliphatic rings. The largest absolute Gasteiger partial charge is 0.482 e. The summed E-state index contributed by atoms with van der Waals surface area (Å²) in [6.07, 6.45) is 0. The van der Waals surface area contributed by atoms with Crippen LogP contribution in [0.4, 0.5) is 5.69 Å². The molecule has 9 heteroatoms. The van der Waals surface area contributed by atoms with Crippen LogP contribution in [0.3, 0.4) is 0 Å². The molecule has 0 aliphatic carbocycles. The minimum Gasteiger partial charge on any atom is -0.482 e. The Kier molecular flexibility index (Phi) is 7.49. The van der Waals surface area contributed by atoms with Crippen molar-refractivity contribution in [3.8, 4) is 5.75 Å². The maximum absolute atomic E-state index is 12.4. The number of carbonyl (C=O) groups is 1. The van der Waals surface area contributed by atoms with Gasteiger partial charge in [-0.15, -0.1) is 0 Å². The zero-order valence-electron chi connectivity index (χ0n) is 14.9. The van der Waals surface area contributed by atoms with Gasteiger partial charge in [0.25, 0.3) is 5.91 Å². The predicted molar refractivity (Wildman–Crippen MR) is 107 cm³/mol. The fraction of sp³-hybridized carbons (Fsp3) is 0.278. The van der Waals surface area contributed by atoms with Crippen molar-refractivity contribution in [2.45, 2.75) is 18.7 Å². The molecule has 1 N–H and O–H groups in total. The molecule has 1 amide bonds. The third-order valence-electron chi connectivity index (χ3n) is 3.73. The van der Waals surface area contributed by atoms with Crippen molar-refractivity contribution in [3.63, 3.8) is 0 Å². The molecule has 2 rings (SSSR count). The highest BCUT2D eigenvalue weighted by molar-refractivity contribution is 7.89. The smallest absolute Gasteiger partial charge is 0.262 e. The molecule has 27 heavy (non-hydrogen) atoms. The fourth-order valence-electron chi connectivity index (χ4n) is 2.35. The van der Waals surface area contributed by atoms with Crippen LogP contribution in [0.25, 0.3) is 0 Å². The summed E-state index contributed by atoms with van der Waals surface area (Å²) in [5.74, 6) is -0.106. The number of halogens is 2. The van der Waals surface area contributed by atoms with Gasteiger partial charge in [0.2, 0.25) is 10.0 Å². The molecule has 0 heterocycles. The maximum Gasteiger partial charge on any atom is 0.262 e. The van der Waals surface area contributed by atoms with E-state index in [1.165, 1.54) is 34.6 Å². The van der Waals surface area contributed by atoms with Crippen LogP contribution in [0.15, 0.2) is 47.4 Å². The highest BCUT2D eigenvalue weighted by Gasteiger charge is 2.21. The van der Waals surface area contributed by atoms with Gasteiger partial charge < -0.3 is 10.1 Å². The van der Waals surface area contributed by atoms with Gasteiger partial charge >= 0.3 is 0 Å². The summed E-state index contributed by atoms with van der Waals surface area (Å²) in [4.78, 5) is 12.2. The van der Waals surface area contributed by atoms with E-state index in [9.17, 15) is 13.2 Å². The van der Waals surface area contributed by atoms with E-state index in [1.807, 2.05) is 0 Å². The number of ether oxygens (including phenoxy) is 1. The molecule has 146 valence electrons. The molecule has 0 spiro atoms. The fourth-order valence-corrected chi connectivity index (χ4v) is 4.14. The summed E-state index contributed by atoms with van der Waals surface area (Å²) >= 11 is 11.8. The van der Waals surface area contributed by atoms with E-state index in [4.69, 9.17) is 27.9 Å². The Morgan fingerprint density at radius 1 is 1.07 bits per heavy atom. The van der Waals surface area contributed by atoms with Crippen LogP contribution in [0.1, 0.15) is 13.8 Å². The molecule has 0 saturated carbocycles. The van der Waals surface area contributed by atoms with E-state index in [0.717, 1.165) is 0 Å². The molecule has 2 aromatic rings. The SMILES string of the molecule is CCN(CC)S(=O)(=O)c1ccc(NC(=O)COc2cc(Cl)ccc2Cl)cc1. The number of carbonyl (C=O) groups excluding carboxylic acids is 1. The van der Waals surface area contributed by atoms with Crippen molar-refractivity contribution in [1.29, 1.82) is 0 Å². The van der Waals surface area contributed by atoms with E-state index < -0.39 is 15.9 Å². The molecule has 0 unspecified atom stereocenters. The summed E-state index contributed by atoms with van der Waals surface area (Å²) in [7, 11) is -3.53. The van der Waals surface area contributed by atoms with E-state index >= 15 is 0 Å². The molecular formula is C18H20Cl2N2O4S. The van der Waals surface area contributed by atoms with Crippen molar-refractivity contribution in [2.24, 2.45) is 0 Å². The van der Waals surface area contributed by atoms with Gasteiger partial charge in [-0.25, -0.2) is 8.42 Å². The second-order valence-electron chi connectivity index (χ2n) is 5.53. The van der Waals surface area contributed by atoms with Gasteiger partial charge in [-0.2, -0.15) is 4.31 Å². The Morgan fingerprint density at radius 2 is 1.70 bits per heavy atom. The third kappa shape index (κ3) is 5.59. The van der Waals surface area contributed by atoms with Crippen molar-refractivity contribution < 1.29 is 17.9 Å². The molecule has 6 nitrogen and oxygen atoms in total. The lowest BCUT2D eigenvalue weighted by Gasteiger charge is -2.18. The second kappa shape index (κ2) is 9.41. The predicted octanol–water partition coefficient (Wildman–Crippen LogP) is 4.04. The van der Waals surface area contributed by atoms with E-state index in [-0.39, 0.29) is 11.5 Å². The van der Waals surface area contributed by atoms with Gasteiger partial charge in [-0.05, 0) is 36.4 Å². The van der Waals surface area contributed by atoms with Gasteiger partial charge in [0.1, 0.15) is 5.75 Å². The molecule has 0 bridgehead atoms. The molecule has 0 fully saturated rings. The van der Waals surface area contributed by atoms with Crippen molar-refractivity contribution in [2.75, 3.05) is 25.0 Å². The topological polar surface area (TPSA) is 75.7 Å². The van der Waals surface area contributed by atoms with Crippen LogP contribution >= 0.6 is 23.2 Å². The minimum atomic E-state index is -3.53. The number of hydrogen-bond acceptors (Lipinski definition) is 4. The molecule has 0 atom stereocenters. The van der Waals surface area contributed by atoms with E-state index in [2.05, 4.69) is 5.32 Å². The van der Waals surface area contributed by atoms with Crippen LogP contribution in [0, 0.1) is 0 Å². The lowest BCUT2D eigenvalue weighted by atomic mass is 10.3. The average molecular weight is 431 g/mol. The first-order chi connectivity index (χ1) is 12.8. The number of amides is 1. The summed E-state index contributed by atoms with van der Waals surface area (Å²) in [6.45, 7) is 4.07. The van der Waals surface area contributed by atoms with Gasteiger partial charge in [0.15, 0.2) is 6.61 Å². The van der Waals surface area contributed by atoms with Crippen LogP contribution in [0.2, 0.25) is 10.0 Å². The van der Waals surface area contributed by atoms with Gasteiger partial charge in [0, 0.05) is 29.9 Å². The number of anilines is 1. The number of nitrogens with one attached hydrogen (secondary N) is 1. The van der Waals surface area contributed by atoms with Crippen LogP contribution in [-0.2, 0) is 14.8 Å². The quantitative estimate of drug-likeness (QED) is 0.685. The Bertz CT molecular complexity index is 898. The molecule has 0 saturated heterocycles. The Labute approximate surface area is 169 Å². The molecular weight excluding hydrogens is 411 g/mol. The highest BCUT2D eigenvalue weighted by atomic mass is 35.5. The van der Waals surface area contributed by atoms with Crippen LogP contribution < -0.4 is 10.1 Å². The first kappa shape index (κ1) is 21.5. The molecule has 0 aromatic heterocycles. The third-order valence-corrected chi connectivity index (χ3v) is 6.34. The zero-order chi connectivity index (χ0) is 20.0. The maximum atomic E-state index is 12.4. The van der Waals surface area contributed by atoms with E-state index in [1.54, 1.807) is 26.0 Å². The second-order valence-corrected chi connectivity index (χ2v) is 8.31. The monoisotopic (exact) mass is 430 g/mol.